The lowest BCUT2D eigenvalue weighted by Gasteiger charge is -2.07. The number of rotatable bonds is 6. The summed E-state index contributed by atoms with van der Waals surface area (Å²) in [5.41, 5.74) is -0.235. The van der Waals surface area contributed by atoms with E-state index in [2.05, 4.69) is 10.3 Å². The molecular weight excluding hydrogens is 220 g/mol. The molecule has 0 radical (unpaired) electrons. The number of H-pyrrole nitrogens is 1. The number of ether oxygens (including phenoxy) is 1. The molecule has 1 rings (SSSR count). The highest BCUT2D eigenvalue weighted by atomic mass is 16.5. The Balaban J connectivity index is 2.31. The predicted molar refractivity (Wildman–Crippen MR) is 65.1 cm³/mol. The minimum atomic E-state index is -0.372. The zero-order valence-corrected chi connectivity index (χ0v) is 10.2. The molecule has 0 aliphatic rings. The topological polar surface area (TPSA) is 71.2 Å². The van der Waals surface area contributed by atoms with Crippen LogP contribution in [0.15, 0.2) is 23.1 Å². The summed E-state index contributed by atoms with van der Waals surface area (Å²) in [4.78, 5) is 25.3. The Hall–Kier alpha value is -1.62. The monoisotopic (exact) mass is 238 g/mol. The van der Waals surface area contributed by atoms with Crippen molar-refractivity contribution in [2.24, 2.45) is 0 Å². The molecule has 1 aromatic rings. The van der Waals surface area contributed by atoms with Gasteiger partial charge in [0.15, 0.2) is 0 Å². The van der Waals surface area contributed by atoms with Crippen LogP contribution in [0.25, 0.3) is 0 Å². The van der Waals surface area contributed by atoms with Crippen LogP contribution in [0.3, 0.4) is 0 Å². The molecule has 0 saturated carbocycles. The summed E-state index contributed by atoms with van der Waals surface area (Å²) in [6, 6.07) is 3.12. The molecule has 5 heteroatoms. The molecule has 0 atom stereocenters. The largest absolute Gasteiger partial charge is 0.379 e. The number of pyridine rings is 1. The van der Waals surface area contributed by atoms with Gasteiger partial charge in [-0.05, 0) is 32.4 Å². The Bertz CT molecular complexity index is 412. The summed E-state index contributed by atoms with van der Waals surface area (Å²) in [6.45, 7) is 5.02. The minimum absolute atomic E-state index is 0.136. The molecule has 0 aliphatic carbocycles. The molecule has 0 aliphatic heterocycles. The first-order valence-electron chi connectivity index (χ1n) is 5.68. The molecule has 0 unspecified atom stereocenters. The van der Waals surface area contributed by atoms with Gasteiger partial charge in [0, 0.05) is 19.3 Å². The molecule has 2 N–H and O–H groups in total. The van der Waals surface area contributed by atoms with Crippen LogP contribution in [0.5, 0.6) is 0 Å². The van der Waals surface area contributed by atoms with Crippen LogP contribution in [-0.4, -0.2) is 30.1 Å². The highest BCUT2D eigenvalue weighted by molar-refractivity contribution is 5.93. The Kier molecular flexibility index (Phi) is 5.42. The van der Waals surface area contributed by atoms with Gasteiger partial charge in [0.1, 0.15) is 5.56 Å². The predicted octanol–water partition coefficient (Wildman–Crippen LogP) is 0.920. The Morgan fingerprint density at radius 2 is 2.29 bits per heavy atom. The molecule has 1 aromatic heterocycles. The maximum absolute atomic E-state index is 11.6. The van der Waals surface area contributed by atoms with Gasteiger partial charge in [0.05, 0.1) is 6.10 Å². The lowest BCUT2D eigenvalue weighted by molar-refractivity contribution is 0.0757. The van der Waals surface area contributed by atoms with Crippen molar-refractivity contribution in [3.63, 3.8) is 0 Å². The Morgan fingerprint density at radius 1 is 1.53 bits per heavy atom. The van der Waals surface area contributed by atoms with Gasteiger partial charge in [0.2, 0.25) is 0 Å². The van der Waals surface area contributed by atoms with Gasteiger partial charge >= 0.3 is 0 Å². The lowest BCUT2D eigenvalue weighted by Crippen LogP contribution is -2.30. The maximum atomic E-state index is 11.6. The van der Waals surface area contributed by atoms with Crippen LogP contribution in [0.2, 0.25) is 0 Å². The van der Waals surface area contributed by atoms with Gasteiger partial charge in [-0.1, -0.05) is 0 Å². The zero-order valence-electron chi connectivity index (χ0n) is 10.2. The molecule has 1 amide bonds. The molecule has 5 nitrogen and oxygen atoms in total. The molecule has 17 heavy (non-hydrogen) atoms. The van der Waals surface area contributed by atoms with Crippen molar-refractivity contribution in [2.45, 2.75) is 26.4 Å². The molecule has 94 valence electrons. The van der Waals surface area contributed by atoms with Crippen LogP contribution in [0, 0.1) is 0 Å². The quantitative estimate of drug-likeness (QED) is 0.724. The van der Waals surface area contributed by atoms with Crippen molar-refractivity contribution < 1.29 is 9.53 Å². The summed E-state index contributed by atoms with van der Waals surface area (Å²) in [7, 11) is 0. The number of hydrogen-bond acceptors (Lipinski definition) is 3. The van der Waals surface area contributed by atoms with Gasteiger partial charge in [-0.25, -0.2) is 0 Å². The number of nitrogens with one attached hydrogen (secondary N) is 2. The van der Waals surface area contributed by atoms with Gasteiger partial charge in [-0.3, -0.25) is 9.59 Å². The van der Waals surface area contributed by atoms with Gasteiger partial charge in [-0.15, -0.1) is 0 Å². The highest BCUT2D eigenvalue weighted by Crippen LogP contribution is 1.91. The van der Waals surface area contributed by atoms with E-state index in [-0.39, 0.29) is 23.1 Å². The maximum Gasteiger partial charge on any atom is 0.260 e. The Labute approximate surface area is 100 Å². The second kappa shape index (κ2) is 6.85. The SMILES string of the molecule is CC(C)OCCCNC(=O)c1ccc[nH]c1=O. The lowest BCUT2D eigenvalue weighted by atomic mass is 10.2. The van der Waals surface area contributed by atoms with Crippen molar-refractivity contribution >= 4 is 5.91 Å². The van der Waals surface area contributed by atoms with Crippen molar-refractivity contribution in [1.82, 2.24) is 10.3 Å². The smallest absolute Gasteiger partial charge is 0.260 e. The minimum Gasteiger partial charge on any atom is -0.379 e. The molecule has 1 heterocycles. The van der Waals surface area contributed by atoms with E-state index >= 15 is 0 Å². The molecule has 0 bridgehead atoms. The molecule has 0 aromatic carbocycles. The fourth-order valence-electron chi connectivity index (χ4n) is 1.29. The fraction of sp³-hybridized carbons (Fsp3) is 0.500. The van der Waals surface area contributed by atoms with Crippen molar-refractivity contribution in [1.29, 1.82) is 0 Å². The van der Waals surface area contributed by atoms with Crippen molar-refractivity contribution in [2.75, 3.05) is 13.2 Å². The summed E-state index contributed by atoms with van der Waals surface area (Å²) < 4.78 is 5.33. The normalized spacial score (nSPS) is 10.5. The van der Waals surface area contributed by atoms with Crippen LogP contribution in [0.4, 0.5) is 0 Å². The third-order valence-electron chi connectivity index (χ3n) is 2.12. The van der Waals surface area contributed by atoms with E-state index in [0.29, 0.717) is 13.2 Å². The molecular formula is C12H18N2O3. The van der Waals surface area contributed by atoms with Crippen LogP contribution in [-0.2, 0) is 4.74 Å². The molecule has 0 spiro atoms. The summed E-state index contributed by atoms with van der Waals surface area (Å²) >= 11 is 0. The number of carbonyl (C=O) groups is 1. The van der Waals surface area contributed by atoms with E-state index in [4.69, 9.17) is 4.74 Å². The van der Waals surface area contributed by atoms with Crippen LogP contribution >= 0.6 is 0 Å². The summed E-state index contributed by atoms with van der Waals surface area (Å²) in [5.74, 6) is -0.351. The van der Waals surface area contributed by atoms with Crippen molar-refractivity contribution in [3.05, 3.63) is 34.2 Å². The number of amides is 1. The number of aromatic amines is 1. The number of aromatic nitrogens is 1. The second-order valence-electron chi connectivity index (χ2n) is 3.94. The number of hydrogen-bond donors (Lipinski definition) is 2. The van der Waals surface area contributed by atoms with E-state index < -0.39 is 0 Å². The van der Waals surface area contributed by atoms with Crippen LogP contribution < -0.4 is 10.9 Å². The van der Waals surface area contributed by atoms with Crippen molar-refractivity contribution in [3.8, 4) is 0 Å². The average Bonchev–Trinajstić information content (AvgIpc) is 2.28. The summed E-state index contributed by atoms with van der Waals surface area (Å²) in [6.07, 6.45) is 2.42. The van der Waals surface area contributed by atoms with Gasteiger partial charge < -0.3 is 15.0 Å². The van der Waals surface area contributed by atoms with E-state index in [1.807, 2.05) is 13.8 Å². The molecule has 0 saturated heterocycles. The van der Waals surface area contributed by atoms with E-state index in [0.717, 1.165) is 6.42 Å². The third kappa shape index (κ3) is 4.82. The van der Waals surface area contributed by atoms with Gasteiger partial charge in [0.25, 0.3) is 11.5 Å². The fourth-order valence-corrected chi connectivity index (χ4v) is 1.29. The summed E-state index contributed by atoms with van der Waals surface area (Å²) in [5, 5.41) is 2.67. The third-order valence-corrected chi connectivity index (χ3v) is 2.12. The first kappa shape index (κ1) is 13.4. The first-order chi connectivity index (χ1) is 8.11. The highest BCUT2D eigenvalue weighted by Gasteiger charge is 2.08. The average molecular weight is 238 g/mol. The van der Waals surface area contributed by atoms with E-state index in [9.17, 15) is 9.59 Å². The van der Waals surface area contributed by atoms with Gasteiger partial charge in [-0.2, -0.15) is 0 Å². The second-order valence-corrected chi connectivity index (χ2v) is 3.94. The first-order valence-corrected chi connectivity index (χ1v) is 5.68. The molecule has 0 fully saturated rings. The standard InChI is InChI=1S/C12H18N2O3/c1-9(2)17-8-4-7-14-12(16)10-5-3-6-13-11(10)15/h3,5-6,9H,4,7-8H2,1-2H3,(H,13,15)(H,14,16). The Morgan fingerprint density at radius 3 is 2.94 bits per heavy atom. The van der Waals surface area contributed by atoms with E-state index in [1.54, 1.807) is 6.07 Å². The van der Waals surface area contributed by atoms with Crippen LogP contribution in [0.1, 0.15) is 30.6 Å². The number of carbonyl (C=O) groups excluding carboxylic acids is 1. The van der Waals surface area contributed by atoms with E-state index in [1.165, 1.54) is 12.3 Å². The zero-order chi connectivity index (χ0) is 12.7.